The van der Waals surface area contributed by atoms with Crippen LogP contribution in [0.5, 0.6) is 11.5 Å². The Hall–Kier alpha value is -4.00. The predicted octanol–water partition coefficient (Wildman–Crippen LogP) is 3.85. The molecule has 0 spiro atoms. The van der Waals surface area contributed by atoms with E-state index in [1.807, 2.05) is 67.6 Å². The highest BCUT2D eigenvalue weighted by atomic mass is 16.5. The number of nitrogens with zero attached hydrogens (tertiary/aromatic N) is 1. The molecule has 0 aromatic heterocycles. The summed E-state index contributed by atoms with van der Waals surface area (Å²) in [5.41, 5.74) is 2.93. The van der Waals surface area contributed by atoms with Crippen LogP contribution in [-0.2, 0) is 9.59 Å². The summed E-state index contributed by atoms with van der Waals surface area (Å²) in [6, 6.07) is 22.2. The molecule has 164 valence electrons. The highest BCUT2D eigenvalue weighted by Gasteiger charge is 2.18. The van der Waals surface area contributed by atoms with Gasteiger partial charge in [0.15, 0.2) is 0 Å². The lowest BCUT2D eigenvalue weighted by Crippen LogP contribution is -2.39. The lowest BCUT2D eigenvalue weighted by Gasteiger charge is -2.24. The second kappa shape index (κ2) is 9.87. The van der Waals surface area contributed by atoms with Crippen molar-refractivity contribution in [3.05, 3.63) is 78.4 Å². The third-order valence-electron chi connectivity index (χ3n) is 4.96. The van der Waals surface area contributed by atoms with E-state index in [1.54, 1.807) is 17.0 Å². The molecule has 0 bridgehead atoms. The fourth-order valence-electron chi connectivity index (χ4n) is 3.45. The van der Waals surface area contributed by atoms with Crippen molar-refractivity contribution in [3.8, 4) is 11.5 Å². The quantitative estimate of drug-likeness (QED) is 0.612. The largest absolute Gasteiger partial charge is 0.488 e. The van der Waals surface area contributed by atoms with Gasteiger partial charge in [-0.05, 0) is 48.9 Å². The van der Waals surface area contributed by atoms with Crippen LogP contribution in [0.1, 0.15) is 5.56 Å². The molecule has 1 aliphatic heterocycles. The van der Waals surface area contributed by atoms with Gasteiger partial charge in [-0.2, -0.15) is 0 Å². The standard InChI is InChI=1S/C25H25N3O4/c1-18-11-12-21-23(15-18)32-14-13-31-22-10-6-5-9-20(22)26-24(29)16-28(17-25(30)27-21)19-7-3-2-4-8-19/h2-12,15H,13-14,16-17H2,1H3,(H,26,29)(H,27,30). The highest BCUT2D eigenvalue weighted by molar-refractivity contribution is 5.99. The molecule has 7 nitrogen and oxygen atoms in total. The summed E-state index contributed by atoms with van der Waals surface area (Å²) in [6.07, 6.45) is 0. The third-order valence-corrected chi connectivity index (χ3v) is 4.96. The Balaban J connectivity index is 1.66. The molecule has 0 radical (unpaired) electrons. The van der Waals surface area contributed by atoms with Crippen molar-refractivity contribution >= 4 is 28.9 Å². The summed E-state index contributed by atoms with van der Waals surface area (Å²) in [6.45, 7) is 2.53. The second-order valence-corrected chi connectivity index (χ2v) is 7.48. The van der Waals surface area contributed by atoms with Crippen LogP contribution in [0.4, 0.5) is 17.1 Å². The van der Waals surface area contributed by atoms with Gasteiger partial charge in [-0.15, -0.1) is 0 Å². The van der Waals surface area contributed by atoms with Gasteiger partial charge in [-0.25, -0.2) is 0 Å². The molecule has 0 saturated carbocycles. The Morgan fingerprint density at radius 2 is 1.31 bits per heavy atom. The van der Waals surface area contributed by atoms with Crippen molar-refractivity contribution in [1.29, 1.82) is 0 Å². The van der Waals surface area contributed by atoms with Crippen molar-refractivity contribution in [3.63, 3.8) is 0 Å². The number of para-hydroxylation sites is 3. The van der Waals surface area contributed by atoms with Crippen LogP contribution in [-0.4, -0.2) is 38.1 Å². The van der Waals surface area contributed by atoms with E-state index in [2.05, 4.69) is 10.6 Å². The van der Waals surface area contributed by atoms with Gasteiger partial charge in [0.2, 0.25) is 11.8 Å². The molecule has 0 fully saturated rings. The topological polar surface area (TPSA) is 79.9 Å². The van der Waals surface area contributed by atoms with E-state index in [0.29, 0.717) is 22.9 Å². The van der Waals surface area contributed by atoms with E-state index in [4.69, 9.17) is 9.47 Å². The van der Waals surface area contributed by atoms with Crippen molar-refractivity contribution in [2.45, 2.75) is 6.92 Å². The molecule has 7 heteroatoms. The minimum absolute atomic E-state index is 0.00287. The average Bonchev–Trinajstić information content (AvgIpc) is 2.79. The smallest absolute Gasteiger partial charge is 0.244 e. The second-order valence-electron chi connectivity index (χ2n) is 7.48. The SMILES string of the molecule is Cc1ccc2c(c1)OCCOc1ccccc1NC(=O)CN(c1ccccc1)CC(=O)N2. The van der Waals surface area contributed by atoms with Crippen LogP contribution in [0.2, 0.25) is 0 Å². The molecule has 2 amide bonds. The van der Waals surface area contributed by atoms with E-state index in [0.717, 1.165) is 11.3 Å². The zero-order valence-corrected chi connectivity index (χ0v) is 17.8. The van der Waals surface area contributed by atoms with E-state index >= 15 is 0 Å². The maximum Gasteiger partial charge on any atom is 0.244 e. The van der Waals surface area contributed by atoms with Crippen LogP contribution < -0.4 is 25.0 Å². The van der Waals surface area contributed by atoms with E-state index in [9.17, 15) is 9.59 Å². The Kier molecular flexibility index (Phi) is 6.55. The highest BCUT2D eigenvalue weighted by Crippen LogP contribution is 2.27. The third kappa shape index (κ3) is 5.37. The number of hydrogen-bond donors (Lipinski definition) is 2. The summed E-state index contributed by atoms with van der Waals surface area (Å²) in [5.74, 6) is 0.636. The monoisotopic (exact) mass is 431 g/mol. The molecule has 0 aliphatic carbocycles. The maximum atomic E-state index is 12.9. The minimum Gasteiger partial charge on any atom is -0.488 e. The first-order valence-corrected chi connectivity index (χ1v) is 10.4. The number of aryl methyl sites for hydroxylation is 1. The van der Waals surface area contributed by atoms with E-state index in [1.165, 1.54) is 0 Å². The Labute approximate surface area is 187 Å². The lowest BCUT2D eigenvalue weighted by atomic mass is 10.2. The molecule has 3 aromatic carbocycles. The van der Waals surface area contributed by atoms with Crippen molar-refractivity contribution in [2.24, 2.45) is 0 Å². The van der Waals surface area contributed by atoms with Gasteiger partial charge >= 0.3 is 0 Å². The molecular weight excluding hydrogens is 406 g/mol. The van der Waals surface area contributed by atoms with Crippen molar-refractivity contribution in [2.75, 3.05) is 41.8 Å². The number of nitrogens with one attached hydrogen (secondary N) is 2. The van der Waals surface area contributed by atoms with Gasteiger partial charge < -0.3 is 25.0 Å². The average molecular weight is 431 g/mol. The number of benzene rings is 3. The van der Waals surface area contributed by atoms with Gasteiger partial charge in [-0.1, -0.05) is 36.4 Å². The minimum atomic E-state index is -0.250. The number of carbonyl (C=O) groups is 2. The van der Waals surface area contributed by atoms with Crippen LogP contribution in [0, 0.1) is 6.92 Å². The Morgan fingerprint density at radius 3 is 2.03 bits per heavy atom. The van der Waals surface area contributed by atoms with Crippen molar-refractivity contribution in [1.82, 2.24) is 0 Å². The molecule has 3 aromatic rings. The zero-order valence-electron chi connectivity index (χ0n) is 17.8. The molecule has 1 heterocycles. The molecule has 1 aliphatic rings. The number of hydrogen-bond acceptors (Lipinski definition) is 5. The summed E-state index contributed by atoms with van der Waals surface area (Å²) in [5, 5.41) is 5.80. The summed E-state index contributed by atoms with van der Waals surface area (Å²) in [7, 11) is 0. The van der Waals surface area contributed by atoms with Gasteiger partial charge in [0.05, 0.1) is 24.5 Å². The normalized spacial score (nSPS) is 15.0. The molecule has 0 saturated heterocycles. The van der Waals surface area contributed by atoms with Gasteiger partial charge in [-0.3, -0.25) is 9.59 Å². The molecule has 0 unspecified atom stereocenters. The fraction of sp³-hybridized carbons (Fsp3) is 0.200. The van der Waals surface area contributed by atoms with Gasteiger partial charge in [0.25, 0.3) is 0 Å². The molecule has 0 atom stereocenters. The molecule has 2 N–H and O–H groups in total. The Morgan fingerprint density at radius 1 is 0.719 bits per heavy atom. The lowest BCUT2D eigenvalue weighted by molar-refractivity contribution is -0.115. The summed E-state index contributed by atoms with van der Waals surface area (Å²) < 4.78 is 11.7. The maximum absolute atomic E-state index is 12.9. The number of anilines is 3. The van der Waals surface area contributed by atoms with Crippen molar-refractivity contribution < 1.29 is 19.1 Å². The van der Waals surface area contributed by atoms with Crippen LogP contribution in [0.25, 0.3) is 0 Å². The molecule has 32 heavy (non-hydrogen) atoms. The number of carbonyl (C=O) groups excluding carboxylic acids is 2. The number of fused-ring (bicyclic) bond motifs is 2. The summed E-state index contributed by atoms with van der Waals surface area (Å²) in [4.78, 5) is 27.5. The number of ether oxygens (including phenoxy) is 2. The first-order valence-electron chi connectivity index (χ1n) is 10.4. The predicted molar refractivity (Wildman–Crippen MR) is 125 cm³/mol. The van der Waals surface area contributed by atoms with Crippen LogP contribution in [0.3, 0.4) is 0 Å². The number of rotatable bonds is 1. The van der Waals surface area contributed by atoms with Crippen LogP contribution in [0.15, 0.2) is 72.8 Å². The molecular formula is C25H25N3O4. The Bertz CT molecular complexity index is 1100. The first kappa shape index (κ1) is 21.2. The van der Waals surface area contributed by atoms with E-state index < -0.39 is 0 Å². The molecule has 4 rings (SSSR count). The van der Waals surface area contributed by atoms with Crippen LogP contribution >= 0.6 is 0 Å². The zero-order chi connectivity index (χ0) is 22.3. The van der Waals surface area contributed by atoms with Gasteiger partial charge in [0.1, 0.15) is 24.7 Å². The fourth-order valence-corrected chi connectivity index (χ4v) is 3.45. The summed E-state index contributed by atoms with van der Waals surface area (Å²) >= 11 is 0. The number of amides is 2. The first-order chi connectivity index (χ1) is 15.6. The van der Waals surface area contributed by atoms with E-state index in [-0.39, 0.29) is 38.1 Å². The van der Waals surface area contributed by atoms with Gasteiger partial charge in [0, 0.05) is 5.69 Å².